The van der Waals surface area contributed by atoms with Crippen LogP contribution in [0.15, 0.2) is 24.8 Å². The van der Waals surface area contributed by atoms with Crippen LogP contribution in [0.3, 0.4) is 0 Å². The third kappa shape index (κ3) is 1.51. The van der Waals surface area contributed by atoms with Crippen molar-refractivity contribution in [3.63, 3.8) is 0 Å². The van der Waals surface area contributed by atoms with Crippen molar-refractivity contribution in [3.8, 4) is 11.1 Å². The molecule has 3 rings (SSSR count). The summed E-state index contributed by atoms with van der Waals surface area (Å²) in [6.45, 7) is 2.00. The number of hydrogen-bond acceptors (Lipinski definition) is 2. The maximum atomic E-state index is 14.5. The zero-order chi connectivity index (χ0) is 12.7. The Morgan fingerprint density at radius 1 is 1.39 bits per heavy atom. The van der Waals surface area contributed by atoms with Crippen molar-refractivity contribution in [1.29, 1.82) is 0 Å². The van der Waals surface area contributed by atoms with Crippen LogP contribution in [-0.4, -0.2) is 19.7 Å². The van der Waals surface area contributed by atoms with Crippen LogP contribution in [0.5, 0.6) is 0 Å². The van der Waals surface area contributed by atoms with E-state index in [2.05, 4.69) is 15.1 Å². The van der Waals surface area contributed by atoms with Gasteiger partial charge < -0.3 is 4.98 Å². The standard InChI is InChI=1S/C13H13FN4/c1-3-8-4-15-13-11(8)12(14)10(6-16-13)9-5-17-18(2)7-9/h4-7H,3H2,1-2H3,(H,15,16). The van der Waals surface area contributed by atoms with Crippen LogP contribution in [0, 0.1) is 5.82 Å². The molecular weight excluding hydrogens is 231 g/mol. The summed E-state index contributed by atoms with van der Waals surface area (Å²) in [4.78, 5) is 7.26. The van der Waals surface area contributed by atoms with E-state index in [1.165, 1.54) is 0 Å². The van der Waals surface area contributed by atoms with Gasteiger partial charge in [0.1, 0.15) is 11.5 Å². The number of aryl methyl sites for hydroxylation is 2. The molecule has 0 aromatic carbocycles. The van der Waals surface area contributed by atoms with Crippen molar-refractivity contribution >= 4 is 11.0 Å². The highest BCUT2D eigenvalue weighted by molar-refractivity contribution is 5.85. The molecule has 0 aliphatic heterocycles. The molecule has 0 bridgehead atoms. The van der Waals surface area contributed by atoms with Crippen LogP contribution in [0.25, 0.3) is 22.2 Å². The molecule has 0 atom stereocenters. The number of aromatic amines is 1. The van der Waals surface area contributed by atoms with Crippen LogP contribution < -0.4 is 0 Å². The molecule has 0 aliphatic carbocycles. The summed E-state index contributed by atoms with van der Waals surface area (Å²) in [6.07, 6.45) is 7.56. The van der Waals surface area contributed by atoms with Crippen molar-refractivity contribution in [3.05, 3.63) is 36.2 Å². The van der Waals surface area contributed by atoms with Gasteiger partial charge in [-0.1, -0.05) is 6.92 Å². The molecule has 4 nitrogen and oxygen atoms in total. The Morgan fingerprint density at radius 2 is 2.22 bits per heavy atom. The normalized spacial score (nSPS) is 11.3. The van der Waals surface area contributed by atoms with Crippen LogP contribution in [0.1, 0.15) is 12.5 Å². The quantitative estimate of drug-likeness (QED) is 0.753. The minimum absolute atomic E-state index is 0.230. The van der Waals surface area contributed by atoms with E-state index in [-0.39, 0.29) is 5.82 Å². The third-order valence-electron chi connectivity index (χ3n) is 3.12. The lowest BCUT2D eigenvalue weighted by Gasteiger charge is -2.02. The van der Waals surface area contributed by atoms with Gasteiger partial charge in [-0.2, -0.15) is 5.10 Å². The maximum Gasteiger partial charge on any atom is 0.143 e. The summed E-state index contributed by atoms with van der Waals surface area (Å²) >= 11 is 0. The second-order valence-corrected chi connectivity index (χ2v) is 4.28. The number of hydrogen-bond donors (Lipinski definition) is 1. The Bertz CT molecular complexity index is 711. The molecule has 0 aliphatic rings. The number of H-pyrrole nitrogens is 1. The summed E-state index contributed by atoms with van der Waals surface area (Å²) in [5.41, 5.74) is 2.77. The first kappa shape index (κ1) is 11.0. The molecule has 1 N–H and O–H groups in total. The number of nitrogens with one attached hydrogen (secondary N) is 1. The van der Waals surface area contributed by atoms with Gasteiger partial charge in [0.05, 0.1) is 11.6 Å². The lowest BCUT2D eigenvalue weighted by molar-refractivity contribution is 0.641. The molecule has 18 heavy (non-hydrogen) atoms. The Balaban J connectivity index is 2.28. The molecule has 92 valence electrons. The molecule has 3 aromatic rings. The molecule has 0 saturated heterocycles. The fourth-order valence-electron chi connectivity index (χ4n) is 2.16. The second kappa shape index (κ2) is 3.94. The Labute approximate surface area is 103 Å². The molecule has 0 amide bonds. The molecule has 3 aromatic heterocycles. The largest absolute Gasteiger partial charge is 0.346 e. The van der Waals surface area contributed by atoms with Crippen LogP contribution in [0.2, 0.25) is 0 Å². The van der Waals surface area contributed by atoms with E-state index < -0.39 is 0 Å². The summed E-state index contributed by atoms with van der Waals surface area (Å²) in [5.74, 6) is -0.230. The lowest BCUT2D eigenvalue weighted by atomic mass is 10.1. The van der Waals surface area contributed by atoms with E-state index >= 15 is 0 Å². The first-order valence-corrected chi connectivity index (χ1v) is 5.84. The van der Waals surface area contributed by atoms with E-state index in [1.807, 2.05) is 13.1 Å². The number of rotatable bonds is 2. The summed E-state index contributed by atoms with van der Waals surface area (Å²) in [7, 11) is 1.81. The molecule has 0 spiro atoms. The number of halogens is 1. The molecule has 0 radical (unpaired) electrons. The maximum absolute atomic E-state index is 14.5. The first-order chi connectivity index (χ1) is 8.70. The first-order valence-electron chi connectivity index (χ1n) is 5.84. The molecule has 5 heteroatoms. The van der Waals surface area contributed by atoms with Crippen LogP contribution in [0.4, 0.5) is 4.39 Å². The van der Waals surface area contributed by atoms with Crippen molar-refractivity contribution < 1.29 is 4.39 Å². The average molecular weight is 244 g/mol. The summed E-state index contributed by atoms with van der Waals surface area (Å²) in [5, 5.41) is 4.64. The topological polar surface area (TPSA) is 46.5 Å². The average Bonchev–Trinajstić information content (AvgIpc) is 2.96. The van der Waals surface area contributed by atoms with Gasteiger partial charge in [0.15, 0.2) is 0 Å². The molecule has 3 heterocycles. The fraction of sp³-hybridized carbons (Fsp3) is 0.231. The number of fused-ring (bicyclic) bond motifs is 1. The Morgan fingerprint density at radius 3 is 2.89 bits per heavy atom. The number of pyridine rings is 1. The predicted octanol–water partition coefficient (Wildman–Crippen LogP) is 2.66. The number of nitrogens with zero attached hydrogens (tertiary/aromatic N) is 3. The van der Waals surface area contributed by atoms with Crippen molar-refractivity contribution in [1.82, 2.24) is 19.7 Å². The molecular formula is C13H13FN4. The van der Waals surface area contributed by atoms with Gasteiger partial charge in [0.2, 0.25) is 0 Å². The van der Waals surface area contributed by atoms with E-state index in [4.69, 9.17) is 0 Å². The minimum Gasteiger partial charge on any atom is -0.346 e. The van der Waals surface area contributed by atoms with Gasteiger partial charge in [0, 0.05) is 36.8 Å². The Kier molecular flexibility index (Phi) is 2.40. The molecule has 0 fully saturated rings. The molecule has 0 unspecified atom stereocenters. The highest BCUT2D eigenvalue weighted by Gasteiger charge is 2.15. The predicted molar refractivity (Wildman–Crippen MR) is 67.6 cm³/mol. The van der Waals surface area contributed by atoms with Gasteiger partial charge in [-0.15, -0.1) is 0 Å². The zero-order valence-corrected chi connectivity index (χ0v) is 10.2. The number of aromatic nitrogens is 4. The van der Waals surface area contributed by atoms with Gasteiger partial charge in [-0.25, -0.2) is 9.37 Å². The van der Waals surface area contributed by atoms with E-state index in [1.54, 1.807) is 30.3 Å². The second-order valence-electron chi connectivity index (χ2n) is 4.28. The van der Waals surface area contributed by atoms with Gasteiger partial charge in [-0.05, 0) is 12.0 Å². The van der Waals surface area contributed by atoms with E-state index in [0.29, 0.717) is 16.6 Å². The zero-order valence-electron chi connectivity index (χ0n) is 10.2. The Hall–Kier alpha value is -2.17. The molecule has 0 saturated carbocycles. The monoisotopic (exact) mass is 244 g/mol. The van der Waals surface area contributed by atoms with Crippen molar-refractivity contribution in [2.24, 2.45) is 7.05 Å². The van der Waals surface area contributed by atoms with Gasteiger partial charge >= 0.3 is 0 Å². The summed E-state index contributed by atoms with van der Waals surface area (Å²) in [6, 6.07) is 0. The van der Waals surface area contributed by atoms with Crippen LogP contribution in [-0.2, 0) is 13.5 Å². The minimum atomic E-state index is -0.230. The van der Waals surface area contributed by atoms with E-state index in [0.717, 1.165) is 17.5 Å². The highest BCUT2D eigenvalue weighted by atomic mass is 19.1. The van der Waals surface area contributed by atoms with Gasteiger partial charge in [0.25, 0.3) is 0 Å². The summed E-state index contributed by atoms with van der Waals surface area (Å²) < 4.78 is 16.2. The van der Waals surface area contributed by atoms with Gasteiger partial charge in [-0.3, -0.25) is 4.68 Å². The smallest absolute Gasteiger partial charge is 0.143 e. The van der Waals surface area contributed by atoms with E-state index in [9.17, 15) is 4.39 Å². The fourth-order valence-corrected chi connectivity index (χ4v) is 2.16. The SMILES string of the molecule is CCc1c[nH]c2ncc(-c3cnn(C)c3)c(F)c12. The highest BCUT2D eigenvalue weighted by Crippen LogP contribution is 2.29. The van der Waals surface area contributed by atoms with Crippen molar-refractivity contribution in [2.45, 2.75) is 13.3 Å². The third-order valence-corrected chi connectivity index (χ3v) is 3.12. The van der Waals surface area contributed by atoms with Crippen molar-refractivity contribution in [2.75, 3.05) is 0 Å². The van der Waals surface area contributed by atoms with Crippen LogP contribution >= 0.6 is 0 Å². The lowest BCUT2D eigenvalue weighted by Crippen LogP contribution is -1.90.